The van der Waals surface area contributed by atoms with E-state index in [4.69, 9.17) is 10.4 Å². The topological polar surface area (TPSA) is 153 Å². The number of hydrogen-bond acceptors (Lipinski definition) is 10. The van der Waals surface area contributed by atoms with E-state index in [1.807, 2.05) is 6.07 Å². The Bertz CT molecular complexity index is 1310. The average Bonchev–Trinajstić information content (AvgIpc) is 3.52. The summed E-state index contributed by atoms with van der Waals surface area (Å²) in [4.78, 5) is 19.2. The van der Waals surface area contributed by atoms with Gasteiger partial charge in [0.2, 0.25) is 11.6 Å². The van der Waals surface area contributed by atoms with Crippen LogP contribution in [0.1, 0.15) is 40.2 Å². The van der Waals surface area contributed by atoms with Gasteiger partial charge in [-0.05, 0) is 71.8 Å². The normalized spacial score (nSPS) is 14.9. The molecule has 3 aromatic heterocycles. The lowest BCUT2D eigenvalue weighted by Crippen LogP contribution is -2.35. The third-order valence-corrected chi connectivity index (χ3v) is 6.21. The Hall–Kier alpha value is -4.45. The Balaban J connectivity index is 1.29. The fourth-order valence-corrected chi connectivity index (χ4v) is 4.30. The zero-order chi connectivity index (χ0) is 24.7. The lowest BCUT2D eigenvalue weighted by Gasteiger charge is -2.32. The summed E-state index contributed by atoms with van der Waals surface area (Å²) in [6.45, 7) is 2.21. The van der Waals surface area contributed by atoms with E-state index in [1.165, 1.54) is 16.5 Å². The van der Waals surface area contributed by atoms with Gasteiger partial charge in [-0.1, -0.05) is 35.5 Å². The van der Waals surface area contributed by atoms with Crippen molar-refractivity contribution in [1.82, 2.24) is 40.6 Å². The number of nitrogens with zero attached hydrogens (tertiary/aromatic N) is 8. The van der Waals surface area contributed by atoms with Crippen molar-refractivity contribution in [2.45, 2.75) is 25.8 Å². The van der Waals surface area contributed by atoms with Crippen LogP contribution in [0, 0.1) is 5.92 Å². The molecule has 184 valence electrons. The number of amides is 1. The zero-order valence-electron chi connectivity index (χ0n) is 19.6. The number of benzene rings is 1. The molecule has 1 saturated heterocycles. The number of nitrogens with two attached hydrogens (primary N) is 1. The van der Waals surface area contributed by atoms with Crippen LogP contribution in [0.3, 0.4) is 0 Å². The van der Waals surface area contributed by atoms with Gasteiger partial charge in [0.25, 0.3) is 5.91 Å². The molecule has 1 aliphatic rings. The number of rotatable bonds is 8. The van der Waals surface area contributed by atoms with Crippen LogP contribution in [-0.2, 0) is 13.0 Å². The molecule has 0 aliphatic carbocycles. The maximum absolute atomic E-state index is 13.0. The summed E-state index contributed by atoms with van der Waals surface area (Å²) in [5, 5.41) is 19.7. The molecule has 0 unspecified atom stereocenters. The summed E-state index contributed by atoms with van der Waals surface area (Å²) >= 11 is 0. The van der Waals surface area contributed by atoms with E-state index >= 15 is 0 Å². The summed E-state index contributed by atoms with van der Waals surface area (Å²) in [5.41, 5.74) is 11.2. The Labute approximate surface area is 207 Å². The number of nitrogen functional groups attached to an aromatic ring is 1. The van der Waals surface area contributed by atoms with E-state index < -0.39 is 5.91 Å². The molecule has 4 heterocycles. The van der Waals surface area contributed by atoms with Gasteiger partial charge in [0.1, 0.15) is 0 Å². The number of hydrazone groups is 1. The fourth-order valence-electron chi connectivity index (χ4n) is 4.30. The van der Waals surface area contributed by atoms with E-state index in [0.717, 1.165) is 37.9 Å². The van der Waals surface area contributed by atoms with Crippen LogP contribution in [0.5, 0.6) is 0 Å². The second-order valence-corrected chi connectivity index (χ2v) is 8.66. The Morgan fingerprint density at radius 3 is 2.64 bits per heavy atom. The fraction of sp³-hybridized carbons (Fsp3) is 0.292. The first kappa shape index (κ1) is 23.3. The van der Waals surface area contributed by atoms with E-state index in [1.54, 1.807) is 24.5 Å². The number of piperidine rings is 1. The first-order chi connectivity index (χ1) is 17.7. The summed E-state index contributed by atoms with van der Waals surface area (Å²) < 4.78 is 6.15. The quantitative estimate of drug-likeness (QED) is 0.280. The summed E-state index contributed by atoms with van der Waals surface area (Å²) in [6, 6.07) is 14.1. The van der Waals surface area contributed by atoms with Gasteiger partial charge in [-0.15, -0.1) is 5.10 Å². The number of carbonyl (C=O) groups is 1. The van der Waals surface area contributed by atoms with Crippen molar-refractivity contribution in [3.05, 3.63) is 77.4 Å². The lowest BCUT2D eigenvalue weighted by molar-refractivity contribution is 0.0946. The van der Waals surface area contributed by atoms with Crippen LogP contribution in [0.15, 0.2) is 64.6 Å². The van der Waals surface area contributed by atoms with E-state index in [2.05, 4.69) is 65.3 Å². The minimum atomic E-state index is -0.490. The molecule has 5 rings (SSSR count). The van der Waals surface area contributed by atoms with Crippen LogP contribution in [0.4, 0.5) is 5.82 Å². The maximum atomic E-state index is 13.0. The van der Waals surface area contributed by atoms with E-state index in [0.29, 0.717) is 18.2 Å². The number of carbonyl (C=O) groups excluding carboxylic acids is 1. The van der Waals surface area contributed by atoms with E-state index in [-0.39, 0.29) is 17.3 Å². The zero-order valence-corrected chi connectivity index (χ0v) is 19.6. The van der Waals surface area contributed by atoms with Crippen molar-refractivity contribution in [2.24, 2.45) is 11.0 Å². The molecule has 0 spiro atoms. The highest BCUT2D eigenvalue weighted by molar-refractivity contribution is 5.94. The second kappa shape index (κ2) is 10.9. The molecule has 12 nitrogen and oxygen atoms in total. The number of anilines is 1. The molecule has 0 radical (unpaired) electrons. The van der Waals surface area contributed by atoms with Crippen LogP contribution < -0.4 is 11.2 Å². The maximum Gasteiger partial charge on any atom is 0.293 e. The standard InChI is InChI=1S/C24H26N10O2/c25-22-23(31-36-30-22)34-20(16-33-12-8-18(9-13-33)14-17-4-2-1-3-5-17)21(28-32-34)24(35)29-27-15-19-6-10-26-11-7-19/h1-7,10-11,15,18H,8-9,12-14,16H2,(H2,25,30)(H,29,35)/b27-15+. The molecule has 0 saturated carbocycles. The monoisotopic (exact) mass is 486 g/mol. The number of nitrogens with one attached hydrogen (secondary N) is 1. The van der Waals surface area contributed by atoms with Gasteiger partial charge in [-0.2, -0.15) is 9.78 Å². The van der Waals surface area contributed by atoms with Crippen molar-refractivity contribution >= 4 is 17.9 Å². The number of pyridine rings is 1. The molecule has 4 aromatic rings. The van der Waals surface area contributed by atoms with Gasteiger partial charge in [-0.25, -0.2) is 10.1 Å². The number of aromatic nitrogens is 6. The van der Waals surface area contributed by atoms with Gasteiger partial charge < -0.3 is 5.73 Å². The number of likely N-dealkylation sites (tertiary alicyclic amines) is 1. The number of hydrogen-bond donors (Lipinski definition) is 2. The first-order valence-corrected chi connectivity index (χ1v) is 11.7. The minimum absolute atomic E-state index is 0.0605. The minimum Gasteiger partial charge on any atom is -0.378 e. The molecular weight excluding hydrogens is 460 g/mol. The average molecular weight is 487 g/mol. The van der Waals surface area contributed by atoms with Gasteiger partial charge in [0, 0.05) is 18.9 Å². The molecular formula is C24H26N10O2. The van der Waals surface area contributed by atoms with Crippen molar-refractivity contribution in [3.8, 4) is 5.82 Å². The van der Waals surface area contributed by atoms with Gasteiger partial charge >= 0.3 is 0 Å². The van der Waals surface area contributed by atoms with Crippen molar-refractivity contribution < 1.29 is 9.42 Å². The van der Waals surface area contributed by atoms with E-state index in [9.17, 15) is 4.79 Å². The van der Waals surface area contributed by atoms with Gasteiger partial charge in [-0.3, -0.25) is 14.7 Å². The Morgan fingerprint density at radius 1 is 1.14 bits per heavy atom. The molecule has 0 bridgehead atoms. The highest BCUT2D eigenvalue weighted by atomic mass is 16.6. The SMILES string of the molecule is Nc1nonc1-n1nnc(C(=O)N/N=C/c2ccncc2)c1CN1CCC(Cc2ccccc2)CC1. The third-order valence-electron chi connectivity index (χ3n) is 6.21. The van der Waals surface area contributed by atoms with Gasteiger partial charge in [0.15, 0.2) is 5.69 Å². The van der Waals surface area contributed by atoms with Crippen LogP contribution in [0.2, 0.25) is 0 Å². The molecule has 12 heteroatoms. The smallest absolute Gasteiger partial charge is 0.293 e. The van der Waals surface area contributed by atoms with Gasteiger partial charge in [0.05, 0.1) is 11.9 Å². The first-order valence-electron chi connectivity index (χ1n) is 11.7. The highest BCUT2D eigenvalue weighted by Crippen LogP contribution is 2.24. The highest BCUT2D eigenvalue weighted by Gasteiger charge is 2.27. The molecule has 1 aliphatic heterocycles. The van der Waals surface area contributed by atoms with Crippen LogP contribution >= 0.6 is 0 Å². The molecule has 0 atom stereocenters. The summed E-state index contributed by atoms with van der Waals surface area (Å²) in [5.74, 6) is 0.379. The van der Waals surface area contributed by atoms with Crippen molar-refractivity contribution in [3.63, 3.8) is 0 Å². The lowest BCUT2D eigenvalue weighted by atomic mass is 9.90. The van der Waals surface area contributed by atoms with Crippen molar-refractivity contribution in [2.75, 3.05) is 18.8 Å². The molecule has 1 fully saturated rings. The third kappa shape index (κ3) is 5.44. The molecule has 1 amide bonds. The second-order valence-electron chi connectivity index (χ2n) is 8.66. The molecule has 1 aromatic carbocycles. The Kier molecular flexibility index (Phi) is 7.03. The molecule has 3 N–H and O–H groups in total. The Morgan fingerprint density at radius 2 is 1.92 bits per heavy atom. The summed E-state index contributed by atoms with van der Waals surface area (Å²) in [7, 11) is 0. The van der Waals surface area contributed by atoms with Crippen LogP contribution in [0.25, 0.3) is 5.82 Å². The summed E-state index contributed by atoms with van der Waals surface area (Å²) in [6.07, 6.45) is 8.00. The predicted molar refractivity (Wildman–Crippen MR) is 131 cm³/mol. The van der Waals surface area contributed by atoms with Crippen molar-refractivity contribution in [1.29, 1.82) is 0 Å². The molecule has 36 heavy (non-hydrogen) atoms. The van der Waals surface area contributed by atoms with Crippen LogP contribution in [-0.4, -0.2) is 60.4 Å². The predicted octanol–water partition coefficient (Wildman–Crippen LogP) is 1.85. The largest absolute Gasteiger partial charge is 0.378 e.